The van der Waals surface area contributed by atoms with E-state index >= 15 is 0 Å². The normalized spacial score (nSPS) is 10.4. The largest absolute Gasteiger partial charge is 0.397 e. The van der Waals surface area contributed by atoms with Crippen molar-refractivity contribution in [3.05, 3.63) is 41.8 Å². The predicted octanol–water partition coefficient (Wildman–Crippen LogP) is 2.15. The van der Waals surface area contributed by atoms with Gasteiger partial charge in [0.15, 0.2) is 11.6 Å². The molecule has 0 spiro atoms. The molecule has 0 fully saturated rings. The van der Waals surface area contributed by atoms with Crippen molar-refractivity contribution in [2.24, 2.45) is 0 Å². The van der Waals surface area contributed by atoms with Crippen molar-refractivity contribution in [3.8, 4) is 0 Å². The maximum atomic E-state index is 13.3. The summed E-state index contributed by atoms with van der Waals surface area (Å²) < 4.78 is 30.8. The second-order valence-electron chi connectivity index (χ2n) is 3.17. The van der Waals surface area contributed by atoms with Crippen molar-refractivity contribution in [1.29, 1.82) is 0 Å². The standard InChI is InChI=1S/C10H9F2N3O/c11-7-1-2-8(13)10(9(7)12)14-5-6-3-4-16-15-6/h1-4,14H,5,13H2. The quantitative estimate of drug-likeness (QED) is 0.785. The molecule has 0 unspecified atom stereocenters. The first-order valence-corrected chi connectivity index (χ1v) is 4.55. The first-order valence-electron chi connectivity index (χ1n) is 4.55. The van der Waals surface area contributed by atoms with E-state index in [9.17, 15) is 8.78 Å². The van der Waals surface area contributed by atoms with Crippen molar-refractivity contribution in [2.75, 3.05) is 11.1 Å². The van der Waals surface area contributed by atoms with E-state index in [1.165, 1.54) is 12.3 Å². The monoisotopic (exact) mass is 225 g/mol. The minimum Gasteiger partial charge on any atom is -0.397 e. The summed E-state index contributed by atoms with van der Waals surface area (Å²) in [6.07, 6.45) is 1.39. The van der Waals surface area contributed by atoms with Crippen LogP contribution in [0, 0.1) is 11.6 Å². The lowest BCUT2D eigenvalue weighted by atomic mass is 10.2. The predicted molar refractivity (Wildman–Crippen MR) is 54.6 cm³/mol. The Hall–Kier alpha value is -2.11. The van der Waals surface area contributed by atoms with E-state index in [-0.39, 0.29) is 17.9 Å². The van der Waals surface area contributed by atoms with Crippen LogP contribution in [0.5, 0.6) is 0 Å². The summed E-state index contributed by atoms with van der Waals surface area (Å²) in [7, 11) is 0. The van der Waals surface area contributed by atoms with Gasteiger partial charge in [0.2, 0.25) is 0 Å². The summed E-state index contributed by atoms with van der Waals surface area (Å²) in [5.41, 5.74) is 6.16. The zero-order valence-electron chi connectivity index (χ0n) is 8.21. The third-order valence-electron chi connectivity index (χ3n) is 2.06. The highest BCUT2D eigenvalue weighted by molar-refractivity contribution is 5.66. The zero-order chi connectivity index (χ0) is 11.5. The van der Waals surface area contributed by atoms with Gasteiger partial charge in [0.1, 0.15) is 12.0 Å². The number of nitrogen functional groups attached to an aromatic ring is 1. The van der Waals surface area contributed by atoms with Crippen LogP contribution in [0.15, 0.2) is 29.0 Å². The van der Waals surface area contributed by atoms with Crippen molar-refractivity contribution in [3.63, 3.8) is 0 Å². The molecule has 4 nitrogen and oxygen atoms in total. The number of hydrogen-bond acceptors (Lipinski definition) is 4. The highest BCUT2D eigenvalue weighted by Gasteiger charge is 2.11. The molecule has 0 aliphatic carbocycles. The van der Waals surface area contributed by atoms with Crippen LogP contribution < -0.4 is 11.1 Å². The fraction of sp³-hybridized carbons (Fsp3) is 0.100. The smallest absolute Gasteiger partial charge is 0.183 e. The van der Waals surface area contributed by atoms with Crippen LogP contribution in [0.2, 0.25) is 0 Å². The van der Waals surface area contributed by atoms with Crippen LogP contribution in [-0.2, 0) is 6.54 Å². The van der Waals surface area contributed by atoms with Gasteiger partial charge in [0.25, 0.3) is 0 Å². The number of halogens is 2. The molecular formula is C10H9F2N3O. The van der Waals surface area contributed by atoms with Crippen LogP contribution in [0.4, 0.5) is 20.2 Å². The van der Waals surface area contributed by atoms with Crippen LogP contribution >= 0.6 is 0 Å². The van der Waals surface area contributed by atoms with Gasteiger partial charge in [0, 0.05) is 6.07 Å². The van der Waals surface area contributed by atoms with Crippen molar-refractivity contribution in [2.45, 2.75) is 6.54 Å². The lowest BCUT2D eigenvalue weighted by molar-refractivity contribution is 0.412. The number of nitrogens with two attached hydrogens (primary N) is 1. The van der Waals surface area contributed by atoms with E-state index in [2.05, 4.69) is 15.0 Å². The Morgan fingerprint density at radius 2 is 2.12 bits per heavy atom. The van der Waals surface area contributed by atoms with Gasteiger partial charge in [-0.2, -0.15) is 0 Å². The van der Waals surface area contributed by atoms with E-state index in [1.54, 1.807) is 6.07 Å². The molecule has 0 amide bonds. The van der Waals surface area contributed by atoms with Crippen LogP contribution in [-0.4, -0.2) is 5.16 Å². The van der Waals surface area contributed by atoms with Crippen LogP contribution in [0.1, 0.15) is 5.69 Å². The summed E-state index contributed by atoms with van der Waals surface area (Å²) in [6.45, 7) is 0.209. The number of nitrogens with one attached hydrogen (secondary N) is 1. The van der Waals surface area contributed by atoms with Gasteiger partial charge in [-0.3, -0.25) is 0 Å². The fourth-order valence-electron chi connectivity index (χ4n) is 1.25. The zero-order valence-corrected chi connectivity index (χ0v) is 8.21. The van der Waals surface area contributed by atoms with E-state index in [0.717, 1.165) is 6.07 Å². The fourth-order valence-corrected chi connectivity index (χ4v) is 1.25. The number of aromatic nitrogens is 1. The minimum absolute atomic E-state index is 0.0667. The third kappa shape index (κ3) is 1.95. The highest BCUT2D eigenvalue weighted by Crippen LogP contribution is 2.24. The molecule has 2 rings (SSSR count). The van der Waals surface area contributed by atoms with Crippen LogP contribution in [0.3, 0.4) is 0 Å². The number of rotatable bonds is 3. The molecule has 1 heterocycles. The first-order chi connectivity index (χ1) is 7.68. The maximum Gasteiger partial charge on any atom is 0.183 e. The van der Waals surface area contributed by atoms with E-state index in [1.807, 2.05) is 0 Å². The Kier molecular flexibility index (Phi) is 2.72. The SMILES string of the molecule is Nc1ccc(F)c(F)c1NCc1ccon1. The summed E-state index contributed by atoms with van der Waals surface area (Å²) in [5, 5.41) is 6.28. The molecule has 0 saturated carbocycles. The van der Waals surface area contributed by atoms with Gasteiger partial charge in [-0.25, -0.2) is 8.78 Å². The lowest BCUT2D eigenvalue weighted by Crippen LogP contribution is -2.06. The second kappa shape index (κ2) is 4.18. The van der Waals surface area contributed by atoms with Gasteiger partial charge in [-0.1, -0.05) is 5.16 Å². The summed E-state index contributed by atoms with van der Waals surface area (Å²) in [4.78, 5) is 0. The second-order valence-corrected chi connectivity index (χ2v) is 3.17. The minimum atomic E-state index is -0.997. The molecule has 0 aliphatic heterocycles. The maximum absolute atomic E-state index is 13.3. The van der Waals surface area contributed by atoms with Crippen LogP contribution in [0.25, 0.3) is 0 Å². The van der Waals surface area contributed by atoms with Gasteiger partial charge in [0.05, 0.1) is 17.9 Å². The molecular weight excluding hydrogens is 216 g/mol. The lowest BCUT2D eigenvalue weighted by Gasteiger charge is -2.09. The molecule has 0 saturated heterocycles. The Morgan fingerprint density at radius 1 is 1.31 bits per heavy atom. The van der Waals surface area contributed by atoms with Gasteiger partial charge in [-0.15, -0.1) is 0 Å². The van der Waals surface area contributed by atoms with Crippen molar-refractivity contribution < 1.29 is 13.3 Å². The van der Waals surface area contributed by atoms with E-state index in [4.69, 9.17) is 5.73 Å². The molecule has 3 N–H and O–H groups in total. The Morgan fingerprint density at radius 3 is 2.81 bits per heavy atom. The highest BCUT2D eigenvalue weighted by atomic mass is 19.2. The molecule has 0 atom stereocenters. The number of hydrogen-bond donors (Lipinski definition) is 2. The Labute approximate surface area is 90.0 Å². The average Bonchev–Trinajstić information content (AvgIpc) is 2.77. The Bertz CT molecular complexity index is 485. The summed E-state index contributed by atoms with van der Waals surface area (Å²) >= 11 is 0. The Balaban J connectivity index is 2.18. The van der Waals surface area contributed by atoms with Crippen molar-refractivity contribution >= 4 is 11.4 Å². The molecule has 1 aromatic carbocycles. The van der Waals surface area contributed by atoms with E-state index < -0.39 is 11.6 Å². The van der Waals surface area contributed by atoms with Crippen molar-refractivity contribution in [1.82, 2.24) is 5.16 Å². The topological polar surface area (TPSA) is 64.1 Å². The summed E-state index contributed by atoms with van der Waals surface area (Å²) in [5.74, 6) is -1.94. The molecule has 84 valence electrons. The van der Waals surface area contributed by atoms with E-state index in [0.29, 0.717) is 5.69 Å². The first kappa shape index (κ1) is 10.4. The molecule has 0 aliphatic rings. The molecule has 16 heavy (non-hydrogen) atoms. The van der Waals surface area contributed by atoms with Gasteiger partial charge < -0.3 is 15.6 Å². The third-order valence-corrected chi connectivity index (χ3v) is 2.06. The molecule has 0 radical (unpaired) electrons. The number of nitrogens with zero attached hydrogens (tertiary/aromatic N) is 1. The molecule has 6 heteroatoms. The molecule has 1 aromatic heterocycles. The molecule has 0 bridgehead atoms. The number of benzene rings is 1. The average molecular weight is 225 g/mol. The van der Waals surface area contributed by atoms with Gasteiger partial charge in [-0.05, 0) is 12.1 Å². The molecule has 2 aromatic rings. The van der Waals surface area contributed by atoms with Gasteiger partial charge >= 0.3 is 0 Å². The number of anilines is 2. The summed E-state index contributed by atoms with van der Waals surface area (Å²) in [6, 6.07) is 3.88.